The standard InChI is InChI=1S/C19H17ClN2OS/c1-12(2)14-5-3-13(4-6-14)11-17-18(23)22(19(24)21-17)16-9-7-15(20)8-10-16/h3-12H,1-2H3,(H,21,24)/b17-11-. The molecule has 24 heavy (non-hydrogen) atoms. The van der Waals surface area contributed by atoms with Crippen molar-refractivity contribution in [2.24, 2.45) is 0 Å². The number of carbonyl (C=O) groups excluding carboxylic acids is 1. The monoisotopic (exact) mass is 356 g/mol. The van der Waals surface area contributed by atoms with Crippen molar-refractivity contribution < 1.29 is 4.79 Å². The average Bonchev–Trinajstić information content (AvgIpc) is 2.83. The van der Waals surface area contributed by atoms with Crippen molar-refractivity contribution in [1.29, 1.82) is 0 Å². The molecule has 0 unspecified atom stereocenters. The lowest BCUT2D eigenvalue weighted by atomic mass is 10.0. The van der Waals surface area contributed by atoms with Gasteiger partial charge in [0.05, 0.1) is 5.69 Å². The maximum Gasteiger partial charge on any atom is 0.281 e. The van der Waals surface area contributed by atoms with Crippen molar-refractivity contribution in [3.63, 3.8) is 0 Å². The molecule has 0 saturated carbocycles. The summed E-state index contributed by atoms with van der Waals surface area (Å²) < 4.78 is 0. The van der Waals surface area contributed by atoms with E-state index in [0.717, 1.165) is 5.56 Å². The molecule has 122 valence electrons. The molecule has 0 radical (unpaired) electrons. The quantitative estimate of drug-likeness (QED) is 0.637. The topological polar surface area (TPSA) is 32.3 Å². The average molecular weight is 357 g/mol. The highest BCUT2D eigenvalue weighted by atomic mass is 35.5. The van der Waals surface area contributed by atoms with Crippen LogP contribution in [0, 0.1) is 0 Å². The molecule has 1 amide bonds. The van der Waals surface area contributed by atoms with Crippen LogP contribution in [0.5, 0.6) is 0 Å². The van der Waals surface area contributed by atoms with Gasteiger partial charge in [-0.1, -0.05) is 49.7 Å². The number of amides is 1. The van der Waals surface area contributed by atoms with Gasteiger partial charge in [-0.25, -0.2) is 0 Å². The van der Waals surface area contributed by atoms with Gasteiger partial charge in [0.25, 0.3) is 5.91 Å². The van der Waals surface area contributed by atoms with Crippen molar-refractivity contribution in [2.75, 3.05) is 4.90 Å². The van der Waals surface area contributed by atoms with E-state index in [1.54, 1.807) is 24.3 Å². The van der Waals surface area contributed by atoms with Gasteiger partial charge in [0.2, 0.25) is 0 Å². The summed E-state index contributed by atoms with van der Waals surface area (Å²) in [4.78, 5) is 14.1. The van der Waals surface area contributed by atoms with Crippen LogP contribution in [0.25, 0.3) is 6.08 Å². The van der Waals surface area contributed by atoms with Gasteiger partial charge >= 0.3 is 0 Å². The number of anilines is 1. The molecule has 1 fully saturated rings. The minimum absolute atomic E-state index is 0.171. The largest absolute Gasteiger partial charge is 0.327 e. The molecule has 3 nitrogen and oxygen atoms in total. The SMILES string of the molecule is CC(C)c1ccc(/C=C2\NC(=S)N(c3ccc(Cl)cc3)C2=O)cc1. The Morgan fingerprint density at radius 3 is 2.29 bits per heavy atom. The lowest BCUT2D eigenvalue weighted by Gasteiger charge is -2.13. The minimum Gasteiger partial charge on any atom is -0.327 e. The Bertz CT molecular complexity index is 810. The number of rotatable bonds is 3. The number of nitrogens with one attached hydrogen (secondary N) is 1. The van der Waals surface area contributed by atoms with Crippen molar-refractivity contribution in [3.8, 4) is 0 Å². The number of benzene rings is 2. The van der Waals surface area contributed by atoms with E-state index >= 15 is 0 Å². The molecule has 0 spiro atoms. The summed E-state index contributed by atoms with van der Waals surface area (Å²) in [6.07, 6.45) is 1.81. The van der Waals surface area contributed by atoms with Crippen molar-refractivity contribution in [1.82, 2.24) is 5.32 Å². The van der Waals surface area contributed by atoms with Crippen LogP contribution in [-0.4, -0.2) is 11.0 Å². The zero-order valence-corrected chi connectivity index (χ0v) is 15.0. The van der Waals surface area contributed by atoms with E-state index in [1.807, 2.05) is 18.2 Å². The van der Waals surface area contributed by atoms with Gasteiger partial charge in [-0.15, -0.1) is 0 Å². The molecule has 0 atom stereocenters. The van der Waals surface area contributed by atoms with Gasteiger partial charge < -0.3 is 5.32 Å². The van der Waals surface area contributed by atoms with E-state index < -0.39 is 0 Å². The highest BCUT2D eigenvalue weighted by Crippen LogP contribution is 2.24. The van der Waals surface area contributed by atoms with Crippen LogP contribution in [0.2, 0.25) is 5.02 Å². The fourth-order valence-corrected chi connectivity index (χ4v) is 2.93. The summed E-state index contributed by atoms with van der Waals surface area (Å²) in [6.45, 7) is 4.30. The van der Waals surface area contributed by atoms with E-state index in [4.69, 9.17) is 23.8 Å². The molecule has 1 heterocycles. The fourth-order valence-electron chi connectivity index (χ4n) is 2.50. The first-order valence-electron chi connectivity index (χ1n) is 7.68. The number of thiocarbonyl (C=S) groups is 1. The third-order valence-corrected chi connectivity index (χ3v) is 4.41. The van der Waals surface area contributed by atoms with Gasteiger partial charge in [0.1, 0.15) is 5.70 Å². The number of nitrogens with zero attached hydrogens (tertiary/aromatic N) is 1. The first-order valence-corrected chi connectivity index (χ1v) is 8.47. The number of hydrogen-bond acceptors (Lipinski definition) is 2. The molecule has 5 heteroatoms. The third-order valence-electron chi connectivity index (χ3n) is 3.88. The molecule has 1 N–H and O–H groups in total. The first kappa shape index (κ1) is 16.7. The molecule has 0 aliphatic carbocycles. The third kappa shape index (κ3) is 3.35. The van der Waals surface area contributed by atoms with Crippen LogP contribution in [0.3, 0.4) is 0 Å². The summed E-state index contributed by atoms with van der Waals surface area (Å²) in [5.74, 6) is 0.307. The van der Waals surface area contributed by atoms with Gasteiger partial charge in [0, 0.05) is 5.02 Å². The number of halogens is 1. The molecular weight excluding hydrogens is 340 g/mol. The van der Waals surface area contributed by atoms with Gasteiger partial charge in [0.15, 0.2) is 5.11 Å². The lowest BCUT2D eigenvalue weighted by molar-refractivity contribution is -0.113. The molecule has 0 bridgehead atoms. The van der Waals surface area contributed by atoms with Crippen LogP contribution in [0.1, 0.15) is 30.9 Å². The van der Waals surface area contributed by atoms with E-state index in [2.05, 4.69) is 31.3 Å². The van der Waals surface area contributed by atoms with E-state index in [1.165, 1.54) is 10.5 Å². The second-order valence-electron chi connectivity index (χ2n) is 5.93. The van der Waals surface area contributed by atoms with Crippen LogP contribution >= 0.6 is 23.8 Å². The summed E-state index contributed by atoms with van der Waals surface area (Å²) in [7, 11) is 0. The maximum atomic E-state index is 12.7. The van der Waals surface area contributed by atoms with E-state index in [9.17, 15) is 4.79 Å². The van der Waals surface area contributed by atoms with Gasteiger partial charge in [-0.3, -0.25) is 9.69 Å². The Hall–Kier alpha value is -2.17. The molecule has 0 aromatic heterocycles. The zero-order chi connectivity index (χ0) is 17.3. The first-order chi connectivity index (χ1) is 11.5. The normalized spacial score (nSPS) is 16.2. The Morgan fingerprint density at radius 1 is 1.08 bits per heavy atom. The predicted octanol–water partition coefficient (Wildman–Crippen LogP) is 4.73. The molecule has 3 rings (SSSR count). The fraction of sp³-hybridized carbons (Fsp3) is 0.158. The van der Waals surface area contributed by atoms with Crippen molar-refractivity contribution >= 4 is 46.6 Å². The zero-order valence-electron chi connectivity index (χ0n) is 13.4. The molecule has 2 aromatic rings. The molecule has 1 aliphatic rings. The van der Waals surface area contributed by atoms with Crippen LogP contribution in [0.15, 0.2) is 54.2 Å². The Balaban J connectivity index is 1.86. The highest BCUT2D eigenvalue weighted by Gasteiger charge is 2.31. The predicted molar refractivity (Wildman–Crippen MR) is 103 cm³/mol. The maximum absolute atomic E-state index is 12.7. The van der Waals surface area contributed by atoms with Gasteiger partial charge in [-0.05, 0) is 59.6 Å². The summed E-state index contributed by atoms with van der Waals surface area (Å²) in [5, 5.41) is 3.97. The Morgan fingerprint density at radius 2 is 1.71 bits per heavy atom. The highest BCUT2D eigenvalue weighted by molar-refractivity contribution is 7.80. The lowest BCUT2D eigenvalue weighted by Crippen LogP contribution is -2.30. The summed E-state index contributed by atoms with van der Waals surface area (Å²) in [5.41, 5.74) is 3.38. The molecule has 2 aromatic carbocycles. The molecule has 1 saturated heterocycles. The second kappa shape index (κ2) is 6.75. The van der Waals surface area contributed by atoms with Crippen LogP contribution < -0.4 is 10.2 Å². The minimum atomic E-state index is -0.171. The van der Waals surface area contributed by atoms with Crippen molar-refractivity contribution in [2.45, 2.75) is 19.8 Å². The molecular formula is C19H17ClN2OS. The number of carbonyl (C=O) groups is 1. The summed E-state index contributed by atoms with van der Waals surface area (Å²) >= 11 is 11.2. The number of hydrogen-bond donors (Lipinski definition) is 1. The second-order valence-corrected chi connectivity index (χ2v) is 6.75. The smallest absolute Gasteiger partial charge is 0.281 e. The van der Waals surface area contributed by atoms with E-state index in [0.29, 0.717) is 27.4 Å². The van der Waals surface area contributed by atoms with Crippen LogP contribution in [0.4, 0.5) is 5.69 Å². The van der Waals surface area contributed by atoms with Crippen molar-refractivity contribution in [3.05, 3.63) is 70.4 Å². The summed E-state index contributed by atoms with van der Waals surface area (Å²) in [6, 6.07) is 15.2. The molecule has 1 aliphatic heterocycles. The van der Waals surface area contributed by atoms with E-state index in [-0.39, 0.29) is 5.91 Å². The Kier molecular flexibility index (Phi) is 4.69. The van der Waals surface area contributed by atoms with Gasteiger partial charge in [-0.2, -0.15) is 0 Å². The van der Waals surface area contributed by atoms with Crippen LogP contribution in [-0.2, 0) is 4.79 Å². The Labute approximate surface area is 151 Å².